The van der Waals surface area contributed by atoms with Gasteiger partial charge in [-0.3, -0.25) is 10.4 Å². The molecule has 0 aromatic carbocycles. The molecular formula is C13H19N5OS. The predicted molar refractivity (Wildman–Crippen MR) is 76.5 cm³/mol. The Hall–Kier alpha value is -1.31. The lowest BCUT2D eigenvalue weighted by Crippen LogP contribution is -2.46. The van der Waals surface area contributed by atoms with Gasteiger partial charge in [-0.05, 0) is 26.7 Å². The Balaban J connectivity index is 1.79. The van der Waals surface area contributed by atoms with E-state index in [-0.39, 0.29) is 5.54 Å². The van der Waals surface area contributed by atoms with E-state index < -0.39 is 0 Å². The van der Waals surface area contributed by atoms with Gasteiger partial charge in [0.25, 0.3) is 0 Å². The van der Waals surface area contributed by atoms with Crippen molar-refractivity contribution in [1.82, 2.24) is 25.5 Å². The molecule has 20 heavy (non-hydrogen) atoms. The van der Waals surface area contributed by atoms with Gasteiger partial charge in [-0.2, -0.15) is 5.10 Å². The number of rotatable bonds is 4. The number of aromatic amines is 1. The summed E-state index contributed by atoms with van der Waals surface area (Å²) in [5.74, 6) is 1.63. The van der Waals surface area contributed by atoms with E-state index in [1.54, 1.807) is 11.3 Å². The topological polar surface area (TPSA) is 75.7 Å². The monoisotopic (exact) mass is 293 g/mol. The van der Waals surface area contributed by atoms with E-state index in [2.05, 4.69) is 30.9 Å². The quantitative estimate of drug-likeness (QED) is 0.897. The van der Waals surface area contributed by atoms with E-state index in [4.69, 9.17) is 4.74 Å². The maximum absolute atomic E-state index is 5.51. The third-order valence-electron chi connectivity index (χ3n) is 3.60. The number of nitrogens with one attached hydrogen (secondary N) is 2. The summed E-state index contributed by atoms with van der Waals surface area (Å²) in [6, 6.07) is 0. The van der Waals surface area contributed by atoms with E-state index in [1.807, 2.05) is 13.8 Å². The maximum atomic E-state index is 5.51. The van der Waals surface area contributed by atoms with Crippen LogP contribution in [0.25, 0.3) is 0 Å². The molecule has 1 fully saturated rings. The minimum Gasteiger partial charge on any atom is -0.381 e. The van der Waals surface area contributed by atoms with Crippen LogP contribution >= 0.6 is 11.3 Å². The summed E-state index contributed by atoms with van der Waals surface area (Å²) in [6.45, 7) is 6.11. The highest BCUT2D eigenvalue weighted by Crippen LogP contribution is 2.34. The van der Waals surface area contributed by atoms with Crippen LogP contribution < -0.4 is 5.32 Å². The van der Waals surface area contributed by atoms with E-state index in [0.717, 1.165) is 48.4 Å². The molecule has 2 aromatic heterocycles. The second-order valence-corrected chi connectivity index (χ2v) is 6.04. The van der Waals surface area contributed by atoms with Crippen LogP contribution in [0.4, 0.5) is 0 Å². The molecule has 2 aromatic rings. The molecule has 0 radical (unpaired) electrons. The molecule has 3 rings (SSSR count). The highest BCUT2D eigenvalue weighted by atomic mass is 32.1. The van der Waals surface area contributed by atoms with Gasteiger partial charge >= 0.3 is 0 Å². The number of aromatic nitrogens is 4. The number of nitrogens with zero attached hydrogens (tertiary/aromatic N) is 3. The van der Waals surface area contributed by atoms with Gasteiger partial charge in [-0.1, -0.05) is 0 Å². The molecule has 0 spiro atoms. The summed E-state index contributed by atoms with van der Waals surface area (Å²) in [5.41, 5.74) is 0.970. The van der Waals surface area contributed by atoms with Gasteiger partial charge in [-0.25, -0.2) is 9.97 Å². The molecule has 0 bridgehead atoms. The van der Waals surface area contributed by atoms with Gasteiger partial charge < -0.3 is 4.74 Å². The first-order valence-corrected chi connectivity index (χ1v) is 7.69. The van der Waals surface area contributed by atoms with Crippen LogP contribution in [-0.2, 0) is 16.8 Å². The van der Waals surface area contributed by atoms with Crippen LogP contribution in [0.1, 0.15) is 35.2 Å². The number of hydrogen-bond donors (Lipinski definition) is 2. The molecule has 108 valence electrons. The van der Waals surface area contributed by atoms with Gasteiger partial charge in [-0.15, -0.1) is 11.3 Å². The van der Waals surface area contributed by atoms with Crippen LogP contribution in [0.2, 0.25) is 0 Å². The van der Waals surface area contributed by atoms with E-state index in [1.165, 1.54) is 0 Å². The summed E-state index contributed by atoms with van der Waals surface area (Å²) in [4.78, 5) is 9.02. The summed E-state index contributed by atoms with van der Waals surface area (Å²) in [7, 11) is 0. The Labute approximate surface area is 122 Å². The van der Waals surface area contributed by atoms with Gasteiger partial charge in [0, 0.05) is 24.3 Å². The third-order valence-corrected chi connectivity index (χ3v) is 4.77. The van der Waals surface area contributed by atoms with Gasteiger partial charge in [0.15, 0.2) is 5.82 Å². The molecule has 2 N–H and O–H groups in total. The molecule has 1 aliphatic rings. The van der Waals surface area contributed by atoms with Crippen molar-refractivity contribution >= 4 is 11.3 Å². The highest BCUT2D eigenvalue weighted by Gasteiger charge is 2.36. The minimum absolute atomic E-state index is 0.105. The van der Waals surface area contributed by atoms with Crippen molar-refractivity contribution in [1.29, 1.82) is 0 Å². The Morgan fingerprint density at radius 1 is 1.35 bits per heavy atom. The van der Waals surface area contributed by atoms with E-state index in [0.29, 0.717) is 6.54 Å². The average Bonchev–Trinajstić information content (AvgIpc) is 3.07. The summed E-state index contributed by atoms with van der Waals surface area (Å²) >= 11 is 1.72. The van der Waals surface area contributed by atoms with Crippen molar-refractivity contribution < 1.29 is 4.74 Å². The number of thiazole rings is 1. The molecule has 0 unspecified atom stereocenters. The van der Waals surface area contributed by atoms with Crippen LogP contribution in [-0.4, -0.2) is 33.4 Å². The first-order chi connectivity index (χ1) is 9.68. The Morgan fingerprint density at radius 3 is 2.75 bits per heavy atom. The molecule has 0 aliphatic carbocycles. The second-order valence-electron chi connectivity index (χ2n) is 5.18. The van der Waals surface area contributed by atoms with Crippen LogP contribution in [0.3, 0.4) is 0 Å². The third kappa shape index (κ3) is 2.74. The fourth-order valence-electron chi connectivity index (χ4n) is 2.48. The number of hydrogen-bond acceptors (Lipinski definition) is 6. The molecule has 7 heteroatoms. The van der Waals surface area contributed by atoms with Crippen molar-refractivity contribution in [2.75, 3.05) is 13.2 Å². The molecule has 1 saturated heterocycles. The largest absolute Gasteiger partial charge is 0.381 e. The maximum Gasteiger partial charge on any atom is 0.164 e. The minimum atomic E-state index is -0.105. The molecule has 3 heterocycles. The van der Waals surface area contributed by atoms with Gasteiger partial charge in [0.05, 0.1) is 12.1 Å². The lowest BCUT2D eigenvalue weighted by atomic mass is 9.90. The smallest absolute Gasteiger partial charge is 0.164 e. The lowest BCUT2D eigenvalue weighted by molar-refractivity contribution is 0.0354. The average molecular weight is 293 g/mol. The second kappa shape index (κ2) is 5.59. The molecular weight excluding hydrogens is 274 g/mol. The zero-order chi connectivity index (χ0) is 14.0. The first-order valence-electron chi connectivity index (χ1n) is 6.81. The molecule has 6 nitrogen and oxygen atoms in total. The normalized spacial score (nSPS) is 18.3. The summed E-state index contributed by atoms with van der Waals surface area (Å²) in [5, 5.41) is 13.9. The van der Waals surface area contributed by atoms with Crippen LogP contribution in [0, 0.1) is 13.8 Å². The zero-order valence-electron chi connectivity index (χ0n) is 11.8. The molecule has 0 amide bonds. The van der Waals surface area contributed by atoms with Crippen molar-refractivity contribution in [3.8, 4) is 0 Å². The fourth-order valence-corrected chi connectivity index (χ4v) is 3.51. The summed E-state index contributed by atoms with van der Waals surface area (Å²) in [6.07, 6.45) is 1.87. The number of H-pyrrole nitrogens is 1. The van der Waals surface area contributed by atoms with Crippen molar-refractivity contribution in [3.63, 3.8) is 0 Å². The summed E-state index contributed by atoms with van der Waals surface area (Å²) < 4.78 is 5.51. The Bertz CT molecular complexity index is 573. The van der Waals surface area contributed by atoms with E-state index in [9.17, 15) is 0 Å². The standard InChI is InChI=1S/C13H19N5OS/c1-9-8-20-12(15-9)13(3-5-19-6-4-13)14-7-11-16-10(2)17-18-11/h8,14H,3-7H2,1-2H3,(H,16,17,18). The predicted octanol–water partition coefficient (Wildman–Crippen LogP) is 1.67. The first kappa shape index (κ1) is 13.7. The number of aryl methyl sites for hydroxylation is 2. The molecule has 0 atom stereocenters. The SMILES string of the molecule is Cc1csc(C2(NCc3n[nH]c(C)n3)CCOCC2)n1. The van der Waals surface area contributed by atoms with Gasteiger partial charge in [0.1, 0.15) is 10.8 Å². The van der Waals surface area contributed by atoms with Gasteiger partial charge in [0.2, 0.25) is 0 Å². The lowest BCUT2D eigenvalue weighted by Gasteiger charge is -2.36. The zero-order valence-corrected chi connectivity index (χ0v) is 12.6. The Kier molecular flexibility index (Phi) is 3.82. The van der Waals surface area contributed by atoms with E-state index >= 15 is 0 Å². The highest BCUT2D eigenvalue weighted by molar-refractivity contribution is 7.09. The van der Waals surface area contributed by atoms with Crippen LogP contribution in [0.5, 0.6) is 0 Å². The number of ether oxygens (including phenoxy) is 1. The van der Waals surface area contributed by atoms with Crippen molar-refractivity contribution in [2.45, 2.75) is 38.8 Å². The van der Waals surface area contributed by atoms with Crippen LogP contribution in [0.15, 0.2) is 5.38 Å². The van der Waals surface area contributed by atoms with Crippen molar-refractivity contribution in [3.05, 3.63) is 27.7 Å². The fraction of sp³-hybridized carbons (Fsp3) is 0.615. The Morgan fingerprint density at radius 2 is 2.15 bits per heavy atom. The molecule has 0 saturated carbocycles. The molecule has 1 aliphatic heterocycles. The van der Waals surface area contributed by atoms with Crippen molar-refractivity contribution in [2.24, 2.45) is 0 Å².